The minimum absolute atomic E-state index is 0.0298. The van der Waals surface area contributed by atoms with Gasteiger partial charge in [-0.3, -0.25) is 9.59 Å². The highest BCUT2D eigenvalue weighted by atomic mass is 16.4. The lowest BCUT2D eigenvalue weighted by atomic mass is 9.80. The molecule has 0 spiro atoms. The largest absolute Gasteiger partial charge is 0.481 e. The number of hydrogen-bond acceptors (Lipinski definition) is 3. The minimum atomic E-state index is -0.830. The Hall–Kier alpha value is -1.79. The number of carbonyl (C=O) groups is 3. The van der Waals surface area contributed by atoms with Crippen molar-refractivity contribution in [1.82, 2.24) is 10.2 Å². The Balaban J connectivity index is 2.74. The van der Waals surface area contributed by atoms with E-state index in [1.807, 2.05) is 13.8 Å². The Morgan fingerprint density at radius 1 is 1.33 bits per heavy atom. The van der Waals surface area contributed by atoms with E-state index in [1.54, 1.807) is 11.8 Å². The van der Waals surface area contributed by atoms with E-state index >= 15 is 0 Å². The van der Waals surface area contributed by atoms with Gasteiger partial charge in [-0.1, -0.05) is 20.3 Å². The predicted octanol–water partition coefficient (Wildman–Crippen LogP) is 0.783. The van der Waals surface area contributed by atoms with Crippen LogP contribution in [0.2, 0.25) is 0 Å². The van der Waals surface area contributed by atoms with E-state index in [1.165, 1.54) is 0 Å². The van der Waals surface area contributed by atoms with Crippen molar-refractivity contribution in [2.45, 2.75) is 46.1 Å². The average molecular weight is 299 g/mol. The fourth-order valence-corrected chi connectivity index (χ4v) is 2.47. The topological polar surface area (TPSA) is 113 Å². The molecular formula is C14H25N3O4. The molecule has 3 amide bonds. The lowest BCUT2D eigenvalue weighted by molar-refractivity contribution is -0.153. The van der Waals surface area contributed by atoms with Crippen LogP contribution in [0.3, 0.4) is 0 Å². The number of amides is 3. The zero-order valence-corrected chi connectivity index (χ0v) is 12.9. The second kappa shape index (κ2) is 6.78. The number of carbonyl (C=O) groups excluding carboxylic acids is 2. The third-order valence-corrected chi connectivity index (χ3v) is 4.47. The van der Waals surface area contributed by atoms with Crippen molar-refractivity contribution >= 4 is 17.9 Å². The molecule has 0 aromatic carbocycles. The van der Waals surface area contributed by atoms with Crippen LogP contribution in [0.5, 0.6) is 0 Å². The second-order valence-electron chi connectivity index (χ2n) is 6.06. The van der Waals surface area contributed by atoms with E-state index in [9.17, 15) is 19.5 Å². The summed E-state index contributed by atoms with van der Waals surface area (Å²) in [6.45, 7) is 6.28. The van der Waals surface area contributed by atoms with Crippen LogP contribution < -0.4 is 11.1 Å². The van der Waals surface area contributed by atoms with Gasteiger partial charge in [0.2, 0.25) is 5.91 Å². The molecule has 1 fully saturated rings. The first-order valence-electron chi connectivity index (χ1n) is 7.29. The highest BCUT2D eigenvalue weighted by Gasteiger charge is 2.40. The van der Waals surface area contributed by atoms with Gasteiger partial charge in [-0.05, 0) is 25.7 Å². The number of nitrogens with zero attached hydrogens (tertiary/aromatic N) is 1. The monoisotopic (exact) mass is 299 g/mol. The van der Waals surface area contributed by atoms with E-state index < -0.39 is 23.5 Å². The lowest BCUT2D eigenvalue weighted by Gasteiger charge is -2.38. The van der Waals surface area contributed by atoms with Crippen LogP contribution in [-0.2, 0) is 9.59 Å². The van der Waals surface area contributed by atoms with Crippen LogP contribution >= 0.6 is 0 Å². The van der Waals surface area contributed by atoms with Crippen molar-refractivity contribution in [3.63, 3.8) is 0 Å². The van der Waals surface area contributed by atoms with Gasteiger partial charge in [0.05, 0.1) is 5.41 Å². The SMILES string of the molecule is CCC(C)C(NC(N)=O)C(=O)N1CCC(C)(C(=O)O)CC1. The van der Waals surface area contributed by atoms with E-state index in [0.717, 1.165) is 6.42 Å². The summed E-state index contributed by atoms with van der Waals surface area (Å²) in [6.07, 6.45) is 1.56. The maximum absolute atomic E-state index is 12.5. The summed E-state index contributed by atoms with van der Waals surface area (Å²) in [6, 6.07) is -1.37. The number of nitrogens with two attached hydrogens (primary N) is 1. The molecule has 0 radical (unpaired) electrons. The third kappa shape index (κ3) is 4.09. The van der Waals surface area contributed by atoms with E-state index in [-0.39, 0.29) is 11.8 Å². The first-order valence-corrected chi connectivity index (χ1v) is 7.29. The van der Waals surface area contributed by atoms with E-state index in [2.05, 4.69) is 5.32 Å². The molecule has 7 nitrogen and oxygen atoms in total. The quantitative estimate of drug-likeness (QED) is 0.696. The van der Waals surface area contributed by atoms with Gasteiger partial charge in [-0.15, -0.1) is 0 Å². The molecule has 1 rings (SSSR count). The fraction of sp³-hybridized carbons (Fsp3) is 0.786. The highest BCUT2D eigenvalue weighted by Crippen LogP contribution is 2.31. The number of primary amides is 1. The van der Waals surface area contributed by atoms with Crippen LogP contribution in [0.4, 0.5) is 4.79 Å². The van der Waals surface area contributed by atoms with Crippen LogP contribution in [0.15, 0.2) is 0 Å². The van der Waals surface area contributed by atoms with Crippen molar-refractivity contribution in [1.29, 1.82) is 0 Å². The summed E-state index contributed by atoms with van der Waals surface area (Å²) in [5.74, 6) is -1.04. The van der Waals surface area contributed by atoms with Gasteiger partial charge in [0.25, 0.3) is 0 Å². The van der Waals surface area contributed by atoms with Crippen molar-refractivity contribution in [2.24, 2.45) is 17.1 Å². The van der Waals surface area contributed by atoms with Crippen molar-refractivity contribution in [3.05, 3.63) is 0 Å². The standard InChI is InChI=1S/C14H25N3O4/c1-4-9(2)10(16-13(15)21)11(18)17-7-5-14(3,6-8-17)12(19)20/h9-10H,4-8H2,1-3H3,(H,19,20)(H3,15,16,21). The van der Waals surface area contributed by atoms with Crippen LogP contribution in [0.1, 0.15) is 40.0 Å². The molecule has 2 atom stereocenters. The number of carboxylic acids is 1. The maximum atomic E-state index is 12.5. The number of aliphatic carboxylic acids is 1. The average Bonchev–Trinajstić information content (AvgIpc) is 2.43. The number of urea groups is 1. The second-order valence-corrected chi connectivity index (χ2v) is 6.06. The smallest absolute Gasteiger partial charge is 0.312 e. The van der Waals surface area contributed by atoms with E-state index in [0.29, 0.717) is 25.9 Å². The Morgan fingerprint density at radius 2 is 1.86 bits per heavy atom. The minimum Gasteiger partial charge on any atom is -0.481 e. The van der Waals surface area contributed by atoms with Crippen LogP contribution in [0, 0.1) is 11.3 Å². The van der Waals surface area contributed by atoms with E-state index in [4.69, 9.17) is 5.73 Å². The molecule has 2 unspecified atom stereocenters. The molecule has 0 aromatic heterocycles. The van der Waals surface area contributed by atoms with Crippen LogP contribution in [0.25, 0.3) is 0 Å². The Labute approximate surface area is 124 Å². The fourth-order valence-electron chi connectivity index (χ4n) is 2.47. The number of hydrogen-bond donors (Lipinski definition) is 3. The summed E-state index contributed by atoms with van der Waals surface area (Å²) in [5, 5.41) is 11.7. The molecule has 4 N–H and O–H groups in total. The predicted molar refractivity (Wildman–Crippen MR) is 77.5 cm³/mol. The molecule has 0 bridgehead atoms. The summed E-state index contributed by atoms with van der Waals surface area (Å²) in [5.41, 5.74) is 4.36. The molecule has 0 saturated carbocycles. The van der Waals surface area contributed by atoms with Gasteiger partial charge >= 0.3 is 12.0 Å². The van der Waals surface area contributed by atoms with Gasteiger partial charge in [0, 0.05) is 13.1 Å². The van der Waals surface area contributed by atoms with Crippen molar-refractivity contribution in [2.75, 3.05) is 13.1 Å². The number of carboxylic acid groups (broad SMARTS) is 1. The number of likely N-dealkylation sites (tertiary alicyclic amines) is 1. The molecular weight excluding hydrogens is 274 g/mol. The molecule has 1 saturated heterocycles. The molecule has 1 aliphatic heterocycles. The number of rotatable bonds is 5. The Kier molecular flexibility index (Phi) is 5.57. The van der Waals surface area contributed by atoms with Crippen molar-refractivity contribution in [3.8, 4) is 0 Å². The zero-order valence-electron chi connectivity index (χ0n) is 12.9. The molecule has 0 aliphatic carbocycles. The number of piperidine rings is 1. The summed E-state index contributed by atoms with van der Waals surface area (Å²) in [7, 11) is 0. The summed E-state index contributed by atoms with van der Waals surface area (Å²) >= 11 is 0. The molecule has 0 aromatic rings. The Bertz CT molecular complexity index is 416. The van der Waals surface area contributed by atoms with Crippen LogP contribution in [-0.4, -0.2) is 47.0 Å². The lowest BCUT2D eigenvalue weighted by Crippen LogP contribution is -2.55. The summed E-state index contributed by atoms with van der Waals surface area (Å²) in [4.78, 5) is 36.4. The van der Waals surface area contributed by atoms with Gasteiger partial charge in [0.1, 0.15) is 6.04 Å². The van der Waals surface area contributed by atoms with Gasteiger partial charge in [0.15, 0.2) is 0 Å². The third-order valence-electron chi connectivity index (χ3n) is 4.47. The van der Waals surface area contributed by atoms with Gasteiger partial charge < -0.3 is 21.1 Å². The molecule has 7 heteroatoms. The maximum Gasteiger partial charge on any atom is 0.312 e. The zero-order chi connectivity index (χ0) is 16.2. The molecule has 120 valence electrons. The van der Waals surface area contributed by atoms with Gasteiger partial charge in [-0.2, -0.15) is 0 Å². The number of nitrogens with one attached hydrogen (secondary N) is 1. The Morgan fingerprint density at radius 3 is 2.24 bits per heavy atom. The highest BCUT2D eigenvalue weighted by molar-refractivity contribution is 5.87. The summed E-state index contributed by atoms with van der Waals surface area (Å²) < 4.78 is 0. The van der Waals surface area contributed by atoms with Gasteiger partial charge in [-0.25, -0.2) is 4.79 Å². The first-order chi connectivity index (χ1) is 9.71. The molecule has 1 aliphatic rings. The first kappa shape index (κ1) is 17.3. The molecule has 21 heavy (non-hydrogen) atoms. The molecule has 1 heterocycles. The van der Waals surface area contributed by atoms with Crippen molar-refractivity contribution < 1.29 is 19.5 Å². The normalized spacial score (nSPS) is 20.4.